The van der Waals surface area contributed by atoms with Crippen LogP contribution in [0.3, 0.4) is 0 Å². The molecule has 0 spiro atoms. The molecule has 0 fully saturated rings. The molecular formula is C18H17N3O3. The summed E-state index contributed by atoms with van der Waals surface area (Å²) in [5.74, 6) is -0.868. The molecule has 0 aliphatic heterocycles. The second kappa shape index (κ2) is 7.79. The Morgan fingerprint density at radius 2 is 1.75 bits per heavy atom. The zero-order valence-electron chi connectivity index (χ0n) is 13.1. The number of benzene rings is 2. The van der Waals surface area contributed by atoms with Crippen LogP contribution < -0.4 is 15.8 Å². The van der Waals surface area contributed by atoms with E-state index >= 15 is 0 Å². The number of rotatable bonds is 6. The van der Waals surface area contributed by atoms with Crippen molar-refractivity contribution < 1.29 is 14.3 Å². The summed E-state index contributed by atoms with van der Waals surface area (Å²) >= 11 is 0. The number of para-hydroxylation sites is 1. The quantitative estimate of drug-likeness (QED) is 0.843. The van der Waals surface area contributed by atoms with E-state index in [0.717, 1.165) is 0 Å². The largest absolute Gasteiger partial charge is 0.480 e. The first-order valence-corrected chi connectivity index (χ1v) is 7.33. The van der Waals surface area contributed by atoms with Gasteiger partial charge in [-0.15, -0.1) is 0 Å². The topological polar surface area (TPSA) is 105 Å². The van der Waals surface area contributed by atoms with Crippen molar-refractivity contribution in [2.24, 2.45) is 5.73 Å². The van der Waals surface area contributed by atoms with E-state index in [1.165, 1.54) is 6.92 Å². The highest BCUT2D eigenvalue weighted by Gasteiger charge is 2.24. The van der Waals surface area contributed by atoms with E-state index in [1.54, 1.807) is 54.6 Å². The van der Waals surface area contributed by atoms with Gasteiger partial charge in [0.1, 0.15) is 17.9 Å². The maximum atomic E-state index is 12.3. The number of carbonyl (C=O) groups is 2. The van der Waals surface area contributed by atoms with Crippen LogP contribution in [0.15, 0.2) is 54.6 Å². The molecule has 0 radical (unpaired) electrons. The van der Waals surface area contributed by atoms with Crippen LogP contribution in [0.4, 0.5) is 0 Å². The Hall–Kier alpha value is -3.33. The SMILES string of the molecule is C[C@@H](Oc1ccccc1C#N)C(=O)N[C@H](C(N)=O)c1ccccc1. The number of primary amides is 1. The zero-order valence-corrected chi connectivity index (χ0v) is 13.1. The van der Waals surface area contributed by atoms with Crippen LogP contribution in [-0.2, 0) is 9.59 Å². The second-order valence-corrected chi connectivity index (χ2v) is 5.12. The Labute approximate surface area is 139 Å². The minimum absolute atomic E-state index is 0.304. The van der Waals surface area contributed by atoms with Crippen LogP contribution in [-0.4, -0.2) is 17.9 Å². The summed E-state index contributed by atoms with van der Waals surface area (Å²) < 4.78 is 5.53. The number of carbonyl (C=O) groups excluding carboxylic acids is 2. The van der Waals surface area contributed by atoms with E-state index in [4.69, 9.17) is 15.7 Å². The van der Waals surface area contributed by atoms with E-state index in [9.17, 15) is 9.59 Å². The van der Waals surface area contributed by atoms with Gasteiger partial charge in [0, 0.05) is 0 Å². The van der Waals surface area contributed by atoms with Crippen molar-refractivity contribution in [1.29, 1.82) is 5.26 Å². The van der Waals surface area contributed by atoms with Crippen LogP contribution in [0.5, 0.6) is 5.75 Å². The van der Waals surface area contributed by atoms with E-state index in [2.05, 4.69) is 5.32 Å². The number of nitriles is 1. The second-order valence-electron chi connectivity index (χ2n) is 5.12. The molecule has 0 heterocycles. The lowest BCUT2D eigenvalue weighted by molar-refractivity contribution is -0.131. The molecule has 0 aromatic heterocycles. The van der Waals surface area contributed by atoms with Crippen molar-refractivity contribution in [2.75, 3.05) is 0 Å². The number of nitrogens with zero attached hydrogens (tertiary/aromatic N) is 1. The molecule has 2 rings (SSSR count). The lowest BCUT2D eigenvalue weighted by atomic mass is 10.1. The maximum Gasteiger partial charge on any atom is 0.261 e. The van der Waals surface area contributed by atoms with Crippen LogP contribution in [0.1, 0.15) is 24.1 Å². The number of hydrogen-bond donors (Lipinski definition) is 2. The average Bonchev–Trinajstić information content (AvgIpc) is 2.60. The molecule has 122 valence electrons. The normalized spacial score (nSPS) is 12.5. The van der Waals surface area contributed by atoms with Crippen LogP contribution in [0, 0.1) is 11.3 Å². The van der Waals surface area contributed by atoms with E-state index in [0.29, 0.717) is 16.9 Å². The first-order chi connectivity index (χ1) is 11.5. The first kappa shape index (κ1) is 17.0. The maximum absolute atomic E-state index is 12.3. The smallest absolute Gasteiger partial charge is 0.261 e. The molecule has 2 atom stereocenters. The van der Waals surface area contributed by atoms with Gasteiger partial charge >= 0.3 is 0 Å². The van der Waals surface area contributed by atoms with Gasteiger partial charge in [-0.1, -0.05) is 42.5 Å². The molecule has 0 saturated heterocycles. The van der Waals surface area contributed by atoms with Crippen LogP contribution in [0.2, 0.25) is 0 Å². The molecule has 2 aromatic rings. The minimum atomic E-state index is -0.948. The van der Waals surface area contributed by atoms with Crippen LogP contribution in [0.25, 0.3) is 0 Å². The highest BCUT2D eigenvalue weighted by molar-refractivity contribution is 5.89. The fourth-order valence-electron chi connectivity index (χ4n) is 2.13. The Kier molecular flexibility index (Phi) is 5.53. The van der Waals surface area contributed by atoms with Gasteiger partial charge in [0.15, 0.2) is 6.10 Å². The summed E-state index contributed by atoms with van der Waals surface area (Å²) in [5.41, 5.74) is 6.29. The zero-order chi connectivity index (χ0) is 17.5. The number of amides is 2. The molecular weight excluding hydrogens is 306 g/mol. The summed E-state index contributed by atoms with van der Waals surface area (Å²) in [6, 6.07) is 16.4. The van der Waals surface area contributed by atoms with Crippen LogP contribution >= 0.6 is 0 Å². The summed E-state index contributed by atoms with van der Waals surface area (Å²) in [6.45, 7) is 1.53. The average molecular weight is 323 g/mol. The fraction of sp³-hybridized carbons (Fsp3) is 0.167. The molecule has 0 unspecified atom stereocenters. The van der Waals surface area contributed by atoms with Crippen molar-refractivity contribution in [3.8, 4) is 11.8 Å². The third-order valence-corrected chi connectivity index (χ3v) is 3.38. The van der Waals surface area contributed by atoms with Crippen molar-refractivity contribution in [3.05, 3.63) is 65.7 Å². The number of hydrogen-bond acceptors (Lipinski definition) is 4. The van der Waals surface area contributed by atoms with Gasteiger partial charge in [0.2, 0.25) is 5.91 Å². The number of nitrogens with two attached hydrogens (primary N) is 1. The third kappa shape index (κ3) is 4.11. The molecule has 24 heavy (non-hydrogen) atoms. The van der Waals surface area contributed by atoms with Gasteiger partial charge in [-0.3, -0.25) is 9.59 Å². The molecule has 6 nitrogen and oxygen atoms in total. The molecule has 0 aliphatic rings. The Bertz CT molecular complexity index is 769. The van der Waals surface area contributed by atoms with Gasteiger partial charge in [0.25, 0.3) is 5.91 Å². The predicted molar refractivity (Wildman–Crippen MR) is 87.8 cm³/mol. The first-order valence-electron chi connectivity index (χ1n) is 7.33. The standard InChI is InChI=1S/C18H17N3O3/c1-12(24-15-10-6-5-9-14(15)11-19)18(23)21-16(17(20)22)13-7-3-2-4-8-13/h2-10,12,16H,1H3,(H2,20,22)(H,21,23)/t12-,16+/m1/s1. The highest BCUT2D eigenvalue weighted by atomic mass is 16.5. The summed E-state index contributed by atoms with van der Waals surface area (Å²) in [4.78, 5) is 23.9. The number of nitrogens with one attached hydrogen (secondary N) is 1. The predicted octanol–water partition coefficient (Wildman–Crippen LogP) is 1.67. The van der Waals surface area contributed by atoms with Gasteiger partial charge in [-0.2, -0.15) is 5.26 Å². The fourth-order valence-corrected chi connectivity index (χ4v) is 2.13. The molecule has 2 aromatic carbocycles. The molecule has 0 aliphatic carbocycles. The Balaban J connectivity index is 2.10. The summed E-state index contributed by atoms with van der Waals surface area (Å²) in [7, 11) is 0. The monoisotopic (exact) mass is 323 g/mol. The Morgan fingerprint density at radius 3 is 2.38 bits per heavy atom. The summed E-state index contributed by atoms with van der Waals surface area (Å²) in [5, 5.41) is 11.6. The van der Waals surface area contributed by atoms with Gasteiger partial charge in [-0.25, -0.2) is 0 Å². The molecule has 6 heteroatoms. The lowest BCUT2D eigenvalue weighted by Gasteiger charge is -2.20. The van der Waals surface area contributed by atoms with Gasteiger partial charge < -0.3 is 15.8 Å². The van der Waals surface area contributed by atoms with Crippen molar-refractivity contribution >= 4 is 11.8 Å². The Morgan fingerprint density at radius 1 is 1.12 bits per heavy atom. The van der Waals surface area contributed by atoms with E-state index in [1.807, 2.05) is 6.07 Å². The van der Waals surface area contributed by atoms with Gasteiger partial charge in [-0.05, 0) is 24.6 Å². The number of ether oxygens (including phenoxy) is 1. The third-order valence-electron chi connectivity index (χ3n) is 3.38. The van der Waals surface area contributed by atoms with E-state index < -0.39 is 24.0 Å². The van der Waals surface area contributed by atoms with Crippen molar-refractivity contribution in [2.45, 2.75) is 19.1 Å². The molecule has 0 bridgehead atoms. The van der Waals surface area contributed by atoms with Crippen molar-refractivity contribution in [1.82, 2.24) is 5.32 Å². The highest BCUT2D eigenvalue weighted by Crippen LogP contribution is 2.19. The minimum Gasteiger partial charge on any atom is -0.480 e. The van der Waals surface area contributed by atoms with E-state index in [-0.39, 0.29) is 0 Å². The lowest BCUT2D eigenvalue weighted by Crippen LogP contribution is -2.43. The molecule has 2 amide bonds. The van der Waals surface area contributed by atoms with Crippen molar-refractivity contribution in [3.63, 3.8) is 0 Å². The van der Waals surface area contributed by atoms with Gasteiger partial charge in [0.05, 0.1) is 5.56 Å². The molecule has 0 saturated carbocycles. The summed E-state index contributed by atoms with van der Waals surface area (Å²) in [6.07, 6.45) is -0.898. The molecule has 3 N–H and O–H groups in total.